The Balaban J connectivity index is 2.82. The Morgan fingerprint density at radius 1 is 1.59 bits per heavy atom. The van der Waals surface area contributed by atoms with Crippen LogP contribution in [0.2, 0.25) is 0 Å². The fraction of sp³-hybridized carbons (Fsp3) is 0.889. The van der Waals surface area contributed by atoms with Crippen LogP contribution < -0.4 is 5.32 Å². The number of ether oxygens (including phenoxy) is 1. The van der Waals surface area contributed by atoms with E-state index in [-0.39, 0.29) is 31.4 Å². The van der Waals surface area contributed by atoms with Crippen LogP contribution in [-0.2, 0) is 19.6 Å². The molecule has 0 spiro atoms. The van der Waals surface area contributed by atoms with E-state index in [0.29, 0.717) is 6.54 Å². The second-order valence-corrected chi connectivity index (χ2v) is 5.68. The molecule has 7 nitrogen and oxygen atoms in total. The Kier molecular flexibility index (Phi) is 5.31. The molecule has 0 aromatic rings. The summed E-state index contributed by atoms with van der Waals surface area (Å²) in [6.07, 6.45) is 0. The van der Waals surface area contributed by atoms with Gasteiger partial charge in [0.25, 0.3) is 0 Å². The smallest absolute Gasteiger partial charge is 0.240 e. The molecule has 1 aliphatic rings. The van der Waals surface area contributed by atoms with Crippen LogP contribution in [0.4, 0.5) is 0 Å². The molecule has 0 saturated carbocycles. The van der Waals surface area contributed by atoms with Crippen LogP contribution in [0.5, 0.6) is 0 Å². The van der Waals surface area contributed by atoms with Crippen LogP contribution in [0.1, 0.15) is 6.92 Å². The molecule has 0 radical (unpaired) electrons. The van der Waals surface area contributed by atoms with Crippen LogP contribution in [0.25, 0.3) is 0 Å². The Hall–Kier alpha value is -0.700. The first-order valence-corrected chi connectivity index (χ1v) is 7.09. The number of aliphatic hydroxyl groups is 1. The SMILES string of the molecule is CCNC(=O)C1COCCN1S(=O)(=O)CCO. The number of carbonyl (C=O) groups is 1. The van der Waals surface area contributed by atoms with Crippen LogP contribution >= 0.6 is 0 Å². The Bertz CT molecular complexity index is 356. The van der Waals surface area contributed by atoms with Crippen molar-refractivity contribution >= 4 is 15.9 Å². The predicted molar refractivity (Wildman–Crippen MR) is 60.9 cm³/mol. The van der Waals surface area contributed by atoms with E-state index in [1.54, 1.807) is 6.92 Å². The van der Waals surface area contributed by atoms with Crippen molar-refractivity contribution in [2.75, 3.05) is 38.7 Å². The highest BCUT2D eigenvalue weighted by molar-refractivity contribution is 7.89. The molecule has 1 aliphatic heterocycles. The zero-order valence-electron chi connectivity index (χ0n) is 9.76. The maximum absolute atomic E-state index is 11.8. The zero-order valence-corrected chi connectivity index (χ0v) is 10.6. The lowest BCUT2D eigenvalue weighted by Gasteiger charge is -2.33. The van der Waals surface area contributed by atoms with E-state index < -0.39 is 22.7 Å². The average molecular weight is 266 g/mol. The summed E-state index contributed by atoms with van der Waals surface area (Å²) in [4.78, 5) is 11.7. The van der Waals surface area contributed by atoms with Gasteiger partial charge in [-0.2, -0.15) is 4.31 Å². The van der Waals surface area contributed by atoms with E-state index in [0.717, 1.165) is 4.31 Å². The molecule has 17 heavy (non-hydrogen) atoms. The molecule has 1 amide bonds. The van der Waals surface area contributed by atoms with E-state index in [1.807, 2.05) is 0 Å². The summed E-state index contributed by atoms with van der Waals surface area (Å²) in [5.74, 6) is -0.739. The van der Waals surface area contributed by atoms with Crippen LogP contribution in [-0.4, -0.2) is 68.4 Å². The third-order valence-corrected chi connectivity index (χ3v) is 4.29. The highest BCUT2D eigenvalue weighted by Gasteiger charge is 2.36. The molecule has 1 fully saturated rings. The third-order valence-electron chi connectivity index (χ3n) is 2.44. The van der Waals surface area contributed by atoms with Crippen molar-refractivity contribution in [2.45, 2.75) is 13.0 Å². The molecule has 8 heteroatoms. The Labute approximate surface area is 101 Å². The van der Waals surface area contributed by atoms with Gasteiger partial charge in [0.2, 0.25) is 15.9 Å². The zero-order chi connectivity index (χ0) is 12.9. The van der Waals surface area contributed by atoms with Crippen molar-refractivity contribution in [1.82, 2.24) is 9.62 Å². The number of rotatable bonds is 5. The van der Waals surface area contributed by atoms with E-state index in [4.69, 9.17) is 9.84 Å². The van der Waals surface area contributed by atoms with Gasteiger partial charge in [-0.05, 0) is 6.92 Å². The van der Waals surface area contributed by atoms with Gasteiger partial charge in [0.15, 0.2) is 0 Å². The fourth-order valence-electron chi connectivity index (χ4n) is 1.65. The quantitative estimate of drug-likeness (QED) is 0.609. The lowest BCUT2D eigenvalue weighted by molar-refractivity contribution is -0.129. The first-order chi connectivity index (χ1) is 8.03. The number of amides is 1. The number of morpholine rings is 1. The molecule has 0 bridgehead atoms. The van der Waals surface area contributed by atoms with E-state index >= 15 is 0 Å². The number of sulfonamides is 1. The molecular weight excluding hydrogens is 248 g/mol. The Morgan fingerprint density at radius 2 is 2.29 bits per heavy atom. The summed E-state index contributed by atoms with van der Waals surface area (Å²) < 4.78 is 29.9. The summed E-state index contributed by atoms with van der Waals surface area (Å²) in [6.45, 7) is 2.19. The second-order valence-electron chi connectivity index (χ2n) is 3.64. The summed E-state index contributed by atoms with van der Waals surface area (Å²) in [5, 5.41) is 11.3. The first kappa shape index (κ1) is 14.4. The molecule has 1 rings (SSSR count). The number of hydrogen-bond acceptors (Lipinski definition) is 5. The summed E-state index contributed by atoms with van der Waals surface area (Å²) >= 11 is 0. The molecule has 1 saturated heterocycles. The molecule has 1 unspecified atom stereocenters. The number of hydrogen-bond donors (Lipinski definition) is 2. The van der Waals surface area contributed by atoms with Crippen LogP contribution in [0.3, 0.4) is 0 Å². The monoisotopic (exact) mass is 266 g/mol. The van der Waals surface area contributed by atoms with E-state index in [2.05, 4.69) is 5.32 Å². The minimum atomic E-state index is -3.60. The lowest BCUT2D eigenvalue weighted by atomic mass is 10.2. The van der Waals surface area contributed by atoms with Crippen molar-refractivity contribution in [3.8, 4) is 0 Å². The normalized spacial score (nSPS) is 22.4. The molecule has 0 aromatic heterocycles. The van der Waals surface area contributed by atoms with Crippen molar-refractivity contribution in [1.29, 1.82) is 0 Å². The number of nitrogens with zero attached hydrogens (tertiary/aromatic N) is 1. The highest BCUT2D eigenvalue weighted by Crippen LogP contribution is 2.13. The lowest BCUT2D eigenvalue weighted by Crippen LogP contribution is -2.56. The highest BCUT2D eigenvalue weighted by atomic mass is 32.2. The molecule has 0 aliphatic carbocycles. The van der Waals surface area contributed by atoms with Crippen molar-refractivity contribution in [3.63, 3.8) is 0 Å². The second kappa shape index (κ2) is 6.29. The first-order valence-electron chi connectivity index (χ1n) is 5.48. The van der Waals surface area contributed by atoms with Gasteiger partial charge >= 0.3 is 0 Å². The number of nitrogens with one attached hydrogen (secondary N) is 1. The average Bonchev–Trinajstić information content (AvgIpc) is 2.29. The van der Waals surface area contributed by atoms with Gasteiger partial charge < -0.3 is 15.2 Å². The third kappa shape index (κ3) is 3.63. The van der Waals surface area contributed by atoms with Crippen LogP contribution in [0.15, 0.2) is 0 Å². The van der Waals surface area contributed by atoms with Gasteiger partial charge in [0.05, 0.1) is 25.6 Å². The van der Waals surface area contributed by atoms with Crippen molar-refractivity contribution in [2.24, 2.45) is 0 Å². The standard InChI is InChI=1S/C9H18N2O5S/c1-2-10-9(13)8-7-16-5-3-11(8)17(14,15)6-4-12/h8,12H,2-7H2,1H3,(H,10,13). The van der Waals surface area contributed by atoms with Crippen molar-refractivity contribution in [3.05, 3.63) is 0 Å². The summed E-state index contributed by atoms with van der Waals surface area (Å²) in [7, 11) is -3.60. The van der Waals surface area contributed by atoms with Gasteiger partial charge in [0.1, 0.15) is 6.04 Å². The van der Waals surface area contributed by atoms with Gasteiger partial charge in [-0.3, -0.25) is 4.79 Å². The fourth-order valence-corrected chi connectivity index (χ4v) is 3.01. The summed E-state index contributed by atoms with van der Waals surface area (Å²) in [6, 6.07) is -0.833. The Morgan fingerprint density at radius 3 is 2.88 bits per heavy atom. The topological polar surface area (TPSA) is 95.9 Å². The van der Waals surface area contributed by atoms with E-state index in [9.17, 15) is 13.2 Å². The number of carbonyl (C=O) groups excluding carboxylic acids is 1. The molecule has 1 heterocycles. The largest absolute Gasteiger partial charge is 0.395 e. The van der Waals surface area contributed by atoms with Crippen LogP contribution in [0, 0.1) is 0 Å². The predicted octanol–water partition coefficient (Wildman–Crippen LogP) is -1.85. The van der Waals surface area contributed by atoms with Crippen molar-refractivity contribution < 1.29 is 23.1 Å². The maximum Gasteiger partial charge on any atom is 0.240 e. The minimum absolute atomic E-state index is 0.0521. The molecule has 100 valence electrons. The minimum Gasteiger partial charge on any atom is -0.395 e. The van der Waals surface area contributed by atoms with Gasteiger partial charge in [0, 0.05) is 13.1 Å². The number of aliphatic hydroxyl groups excluding tert-OH is 1. The van der Waals surface area contributed by atoms with Gasteiger partial charge in [-0.15, -0.1) is 0 Å². The maximum atomic E-state index is 11.8. The molecule has 0 aromatic carbocycles. The molecule has 2 N–H and O–H groups in total. The molecule has 1 atom stereocenters. The molecular formula is C9H18N2O5S. The number of likely N-dealkylation sites (N-methyl/N-ethyl adjacent to an activating group) is 1. The van der Waals surface area contributed by atoms with Gasteiger partial charge in [-0.25, -0.2) is 8.42 Å². The summed E-state index contributed by atoms with van der Waals surface area (Å²) in [5.41, 5.74) is 0. The van der Waals surface area contributed by atoms with Gasteiger partial charge in [-0.1, -0.05) is 0 Å². The van der Waals surface area contributed by atoms with E-state index in [1.165, 1.54) is 0 Å².